The quantitative estimate of drug-likeness (QED) is 0.404. The summed E-state index contributed by atoms with van der Waals surface area (Å²) in [6, 6.07) is 10.2. The largest absolute Gasteiger partial charge is 0.353 e. The molecule has 38 heavy (non-hydrogen) atoms. The minimum atomic E-state index is -0.141. The highest BCUT2D eigenvalue weighted by Gasteiger charge is 2.23. The van der Waals surface area contributed by atoms with Gasteiger partial charge >= 0.3 is 0 Å². The third kappa shape index (κ3) is 4.92. The van der Waals surface area contributed by atoms with Crippen molar-refractivity contribution in [2.75, 3.05) is 5.32 Å². The van der Waals surface area contributed by atoms with Gasteiger partial charge in [0.25, 0.3) is 5.56 Å². The van der Waals surface area contributed by atoms with Crippen molar-refractivity contribution in [1.29, 1.82) is 0 Å². The number of rotatable bonds is 5. The molecule has 9 heteroatoms. The van der Waals surface area contributed by atoms with Crippen molar-refractivity contribution in [1.82, 2.24) is 29.6 Å². The van der Waals surface area contributed by atoms with Gasteiger partial charge < -0.3 is 10.6 Å². The predicted octanol–water partition coefficient (Wildman–Crippen LogP) is 4.59. The van der Waals surface area contributed by atoms with Gasteiger partial charge in [0.1, 0.15) is 5.39 Å². The maximum absolute atomic E-state index is 13.4. The zero-order valence-corrected chi connectivity index (χ0v) is 22.9. The molecule has 1 aliphatic carbocycles. The summed E-state index contributed by atoms with van der Waals surface area (Å²) in [5.41, 5.74) is 5.43. The molecule has 0 radical (unpaired) electrons. The Kier molecular flexibility index (Phi) is 6.54. The average molecular weight is 514 g/mol. The molecule has 0 saturated heterocycles. The van der Waals surface area contributed by atoms with E-state index in [-0.39, 0.29) is 29.0 Å². The molecule has 0 spiro atoms. The summed E-state index contributed by atoms with van der Waals surface area (Å²) < 4.78 is 3.59. The summed E-state index contributed by atoms with van der Waals surface area (Å²) in [6.45, 7) is 11.9. The van der Waals surface area contributed by atoms with Gasteiger partial charge in [-0.2, -0.15) is 4.98 Å². The number of nitrogens with one attached hydrogen (secondary N) is 2. The zero-order valence-electron chi connectivity index (χ0n) is 22.9. The van der Waals surface area contributed by atoms with E-state index in [1.807, 2.05) is 36.7 Å². The summed E-state index contributed by atoms with van der Waals surface area (Å²) >= 11 is 0. The first-order valence-corrected chi connectivity index (χ1v) is 13.1. The van der Waals surface area contributed by atoms with E-state index >= 15 is 0 Å². The van der Waals surface area contributed by atoms with E-state index in [2.05, 4.69) is 53.5 Å². The lowest BCUT2D eigenvalue weighted by molar-refractivity contribution is -0.119. The molecule has 1 atom stereocenters. The third-order valence-electron chi connectivity index (χ3n) is 6.97. The van der Waals surface area contributed by atoms with Crippen molar-refractivity contribution in [3.05, 3.63) is 69.9 Å². The molecule has 198 valence electrons. The van der Waals surface area contributed by atoms with Gasteiger partial charge in [-0.15, -0.1) is 0 Å². The van der Waals surface area contributed by atoms with Gasteiger partial charge in [-0.1, -0.05) is 26.8 Å². The first kappa shape index (κ1) is 25.6. The first-order chi connectivity index (χ1) is 18.0. The molecule has 9 nitrogen and oxygen atoms in total. The maximum Gasteiger partial charge on any atom is 0.278 e. The third-order valence-corrected chi connectivity index (χ3v) is 6.97. The highest BCUT2D eigenvalue weighted by molar-refractivity contribution is 5.77. The van der Waals surface area contributed by atoms with Crippen molar-refractivity contribution in [2.24, 2.45) is 0 Å². The van der Waals surface area contributed by atoms with Crippen LogP contribution in [0.2, 0.25) is 0 Å². The molecule has 3 aromatic heterocycles. The van der Waals surface area contributed by atoms with E-state index in [4.69, 9.17) is 4.98 Å². The molecule has 1 aromatic carbocycles. The van der Waals surface area contributed by atoms with Crippen LogP contribution in [0.25, 0.3) is 16.7 Å². The fraction of sp³-hybridized carbons (Fsp3) is 0.414. The Hall–Kier alpha value is -4.01. The Morgan fingerprint density at radius 1 is 1.11 bits per heavy atom. The van der Waals surface area contributed by atoms with E-state index in [9.17, 15) is 9.59 Å². The van der Waals surface area contributed by atoms with Crippen molar-refractivity contribution in [3.63, 3.8) is 0 Å². The Balaban J connectivity index is 1.53. The van der Waals surface area contributed by atoms with E-state index in [0.29, 0.717) is 17.0 Å². The average Bonchev–Trinajstić information content (AvgIpc) is 3.15. The van der Waals surface area contributed by atoms with E-state index in [0.717, 1.165) is 36.3 Å². The van der Waals surface area contributed by atoms with Crippen LogP contribution in [0.15, 0.2) is 47.5 Å². The van der Waals surface area contributed by atoms with Gasteiger partial charge in [0, 0.05) is 48.2 Å². The lowest BCUT2D eigenvalue weighted by atomic mass is 9.88. The van der Waals surface area contributed by atoms with Crippen LogP contribution in [0.1, 0.15) is 70.8 Å². The molecule has 0 saturated carbocycles. The van der Waals surface area contributed by atoms with Crippen LogP contribution in [0.4, 0.5) is 11.6 Å². The number of aromatic nitrogens is 5. The zero-order chi connectivity index (χ0) is 27.2. The molecule has 5 rings (SSSR count). The topological polar surface area (TPSA) is 107 Å². The number of pyridine rings is 1. The van der Waals surface area contributed by atoms with Gasteiger partial charge in [0.2, 0.25) is 11.9 Å². The Labute approximate surface area is 222 Å². The maximum atomic E-state index is 13.4. The number of hydrogen-bond acceptors (Lipinski definition) is 6. The summed E-state index contributed by atoms with van der Waals surface area (Å²) in [5.74, 6) is 0.430. The molecule has 0 bridgehead atoms. The van der Waals surface area contributed by atoms with Crippen LogP contribution in [0, 0.1) is 0 Å². The van der Waals surface area contributed by atoms with Gasteiger partial charge in [-0.05, 0) is 68.5 Å². The van der Waals surface area contributed by atoms with Gasteiger partial charge in [-0.3, -0.25) is 14.6 Å². The molecule has 1 amide bonds. The standard InChI is InChI=1S/C29H35N7O2/c1-17(2)35-27(38)24-16-31-28(34-26(24)36(35)23-11-12-30-25(15-23)29(4,5)6)33-22-10-8-19-13-21(32-18(3)37)9-7-20(19)14-22/h8,10-12,14-17,21H,7,9,13H2,1-6H3,(H,32,37)(H,31,33,34). The van der Waals surface area contributed by atoms with Gasteiger partial charge in [0.15, 0.2) is 5.65 Å². The highest BCUT2D eigenvalue weighted by atomic mass is 16.1. The normalized spacial score (nSPS) is 15.5. The Bertz CT molecular complexity index is 1580. The summed E-state index contributed by atoms with van der Waals surface area (Å²) in [6.07, 6.45) is 6.02. The summed E-state index contributed by atoms with van der Waals surface area (Å²) in [4.78, 5) is 38.7. The van der Waals surface area contributed by atoms with Crippen molar-refractivity contribution in [3.8, 4) is 5.69 Å². The van der Waals surface area contributed by atoms with E-state index in [1.165, 1.54) is 11.1 Å². The second-order valence-corrected chi connectivity index (χ2v) is 11.4. The Morgan fingerprint density at radius 3 is 2.61 bits per heavy atom. The number of carbonyl (C=O) groups excluding carboxylic acids is 1. The summed E-state index contributed by atoms with van der Waals surface area (Å²) in [5, 5.41) is 6.83. The number of amides is 1. The lowest BCUT2D eigenvalue weighted by Crippen LogP contribution is -2.37. The van der Waals surface area contributed by atoms with Crippen molar-refractivity contribution >= 4 is 28.6 Å². The molecule has 3 heterocycles. The predicted molar refractivity (Wildman–Crippen MR) is 149 cm³/mol. The van der Waals surface area contributed by atoms with Crippen molar-refractivity contribution < 1.29 is 4.79 Å². The monoisotopic (exact) mass is 513 g/mol. The molecule has 0 fully saturated rings. The number of aryl methyl sites for hydroxylation is 1. The number of nitrogens with zero attached hydrogens (tertiary/aromatic N) is 5. The molecule has 0 aliphatic heterocycles. The van der Waals surface area contributed by atoms with Crippen LogP contribution >= 0.6 is 0 Å². The Morgan fingerprint density at radius 2 is 1.89 bits per heavy atom. The van der Waals surface area contributed by atoms with Crippen molar-refractivity contribution in [2.45, 2.75) is 78.3 Å². The number of carbonyl (C=O) groups is 1. The summed E-state index contributed by atoms with van der Waals surface area (Å²) in [7, 11) is 0. The number of hydrogen-bond donors (Lipinski definition) is 2. The number of benzene rings is 1. The van der Waals surface area contributed by atoms with Crippen LogP contribution in [-0.4, -0.2) is 36.3 Å². The van der Waals surface area contributed by atoms with Crippen LogP contribution in [-0.2, 0) is 23.1 Å². The van der Waals surface area contributed by atoms with Crippen LogP contribution < -0.4 is 16.2 Å². The highest BCUT2D eigenvalue weighted by Crippen LogP contribution is 2.27. The first-order valence-electron chi connectivity index (χ1n) is 13.1. The van der Waals surface area contributed by atoms with Gasteiger partial charge in [-0.25, -0.2) is 14.3 Å². The van der Waals surface area contributed by atoms with E-state index in [1.54, 1.807) is 24.0 Å². The molecule has 4 aromatic rings. The second-order valence-electron chi connectivity index (χ2n) is 11.4. The fourth-order valence-electron chi connectivity index (χ4n) is 5.11. The van der Waals surface area contributed by atoms with E-state index < -0.39 is 0 Å². The smallest absolute Gasteiger partial charge is 0.278 e. The molecular weight excluding hydrogens is 478 g/mol. The molecule has 2 N–H and O–H groups in total. The minimum Gasteiger partial charge on any atom is -0.353 e. The number of anilines is 2. The molecule has 1 aliphatic rings. The molecule has 1 unspecified atom stereocenters. The van der Waals surface area contributed by atoms with Gasteiger partial charge in [0.05, 0.1) is 5.69 Å². The lowest BCUT2D eigenvalue weighted by Gasteiger charge is -2.25. The minimum absolute atomic E-state index is 0.00967. The molecular formula is C29H35N7O2. The fourth-order valence-corrected chi connectivity index (χ4v) is 5.11. The number of fused-ring (bicyclic) bond motifs is 2. The second kappa shape index (κ2) is 9.70. The van der Waals surface area contributed by atoms with Crippen LogP contribution in [0.3, 0.4) is 0 Å². The van der Waals surface area contributed by atoms with Crippen LogP contribution in [0.5, 0.6) is 0 Å². The SMILES string of the molecule is CC(=O)NC1CCc2cc(Nc3ncc4c(=O)n(C(C)C)n(-c5ccnc(C(C)(C)C)c5)c4n3)ccc2C1.